The summed E-state index contributed by atoms with van der Waals surface area (Å²) in [5, 5.41) is -0.155. The van der Waals surface area contributed by atoms with Crippen LogP contribution in [-0.2, 0) is 9.59 Å². The SMILES string of the molecule is CC(=O)N1c2ccccc2SC1c1ccccc1OCCCC(=O)N1CCN(C)CC1. The van der Waals surface area contributed by atoms with Crippen LogP contribution in [0.2, 0.25) is 0 Å². The van der Waals surface area contributed by atoms with E-state index in [0.29, 0.717) is 19.4 Å². The van der Waals surface area contributed by atoms with E-state index < -0.39 is 0 Å². The van der Waals surface area contributed by atoms with Gasteiger partial charge in [-0.05, 0) is 31.7 Å². The summed E-state index contributed by atoms with van der Waals surface area (Å²) in [4.78, 5) is 32.0. The number of para-hydroxylation sites is 2. The lowest BCUT2D eigenvalue weighted by atomic mass is 10.1. The van der Waals surface area contributed by atoms with E-state index in [-0.39, 0.29) is 17.2 Å². The summed E-state index contributed by atoms with van der Waals surface area (Å²) in [5.74, 6) is 0.982. The van der Waals surface area contributed by atoms with Gasteiger partial charge in [-0.25, -0.2) is 0 Å². The van der Waals surface area contributed by atoms with Crippen LogP contribution < -0.4 is 9.64 Å². The molecule has 0 aliphatic carbocycles. The van der Waals surface area contributed by atoms with Crippen molar-refractivity contribution in [3.8, 4) is 5.75 Å². The summed E-state index contributed by atoms with van der Waals surface area (Å²) in [5.41, 5.74) is 1.92. The number of carbonyl (C=O) groups excluding carboxylic acids is 2. The van der Waals surface area contributed by atoms with Gasteiger partial charge in [0, 0.05) is 50.0 Å². The maximum Gasteiger partial charge on any atom is 0.225 e. The molecule has 0 spiro atoms. The second kappa shape index (κ2) is 9.75. The van der Waals surface area contributed by atoms with Crippen LogP contribution in [0.25, 0.3) is 0 Å². The zero-order chi connectivity index (χ0) is 21.8. The average Bonchev–Trinajstić information content (AvgIpc) is 3.17. The minimum absolute atomic E-state index is 0.00928. The topological polar surface area (TPSA) is 53.1 Å². The lowest BCUT2D eigenvalue weighted by Crippen LogP contribution is -2.47. The minimum Gasteiger partial charge on any atom is -0.493 e. The van der Waals surface area contributed by atoms with Gasteiger partial charge in [0.05, 0.1) is 12.3 Å². The largest absolute Gasteiger partial charge is 0.493 e. The molecule has 2 aromatic carbocycles. The van der Waals surface area contributed by atoms with Gasteiger partial charge in [0.15, 0.2) is 0 Å². The lowest BCUT2D eigenvalue weighted by Gasteiger charge is -2.32. The zero-order valence-electron chi connectivity index (χ0n) is 18.1. The minimum atomic E-state index is -0.155. The van der Waals surface area contributed by atoms with Crippen molar-refractivity contribution < 1.29 is 14.3 Å². The first-order valence-corrected chi connectivity index (χ1v) is 11.7. The maximum atomic E-state index is 12.4. The predicted molar refractivity (Wildman–Crippen MR) is 123 cm³/mol. The van der Waals surface area contributed by atoms with Crippen LogP contribution in [0.15, 0.2) is 53.4 Å². The Hall–Kier alpha value is -2.51. The van der Waals surface area contributed by atoms with Gasteiger partial charge in [-0.3, -0.25) is 14.5 Å². The van der Waals surface area contributed by atoms with Gasteiger partial charge >= 0.3 is 0 Å². The molecule has 31 heavy (non-hydrogen) atoms. The second-order valence-electron chi connectivity index (χ2n) is 8.00. The molecule has 2 amide bonds. The van der Waals surface area contributed by atoms with Crippen LogP contribution in [0.4, 0.5) is 5.69 Å². The van der Waals surface area contributed by atoms with E-state index in [4.69, 9.17) is 4.74 Å². The van der Waals surface area contributed by atoms with Gasteiger partial charge in [0.1, 0.15) is 11.1 Å². The predicted octanol–water partition coefficient (Wildman–Crippen LogP) is 3.78. The highest BCUT2D eigenvalue weighted by atomic mass is 32.2. The van der Waals surface area contributed by atoms with Crippen molar-refractivity contribution in [3.63, 3.8) is 0 Å². The number of fused-ring (bicyclic) bond motifs is 1. The van der Waals surface area contributed by atoms with Crippen LogP contribution in [0.1, 0.15) is 30.7 Å². The normalized spacial score (nSPS) is 18.7. The number of thioether (sulfide) groups is 1. The first-order valence-electron chi connectivity index (χ1n) is 10.8. The van der Waals surface area contributed by atoms with Crippen LogP contribution in [0, 0.1) is 0 Å². The molecule has 2 heterocycles. The van der Waals surface area contributed by atoms with E-state index in [1.165, 1.54) is 0 Å². The molecule has 1 saturated heterocycles. The Morgan fingerprint density at radius 2 is 1.74 bits per heavy atom. The van der Waals surface area contributed by atoms with Gasteiger partial charge in [-0.15, -0.1) is 0 Å². The summed E-state index contributed by atoms with van der Waals surface area (Å²) >= 11 is 1.66. The van der Waals surface area contributed by atoms with E-state index in [9.17, 15) is 9.59 Å². The molecular weight excluding hydrogens is 410 g/mol. The molecule has 0 N–H and O–H groups in total. The van der Waals surface area contributed by atoms with Gasteiger partial charge in [0.25, 0.3) is 0 Å². The third-order valence-corrected chi connectivity index (χ3v) is 7.06. The molecule has 2 aliphatic rings. The van der Waals surface area contributed by atoms with Crippen molar-refractivity contribution in [2.24, 2.45) is 0 Å². The Kier molecular flexibility index (Phi) is 6.83. The lowest BCUT2D eigenvalue weighted by molar-refractivity contribution is -0.133. The molecule has 0 radical (unpaired) electrons. The van der Waals surface area contributed by atoms with Crippen molar-refractivity contribution in [2.75, 3.05) is 44.7 Å². The summed E-state index contributed by atoms with van der Waals surface area (Å²) in [7, 11) is 2.08. The van der Waals surface area contributed by atoms with E-state index in [0.717, 1.165) is 48.1 Å². The Morgan fingerprint density at radius 3 is 2.52 bits per heavy atom. The summed E-state index contributed by atoms with van der Waals surface area (Å²) in [6.45, 7) is 5.55. The number of nitrogens with zero attached hydrogens (tertiary/aromatic N) is 3. The number of carbonyl (C=O) groups is 2. The summed E-state index contributed by atoms with van der Waals surface area (Å²) < 4.78 is 6.10. The molecule has 1 fully saturated rings. The van der Waals surface area contributed by atoms with Crippen molar-refractivity contribution >= 4 is 29.3 Å². The first kappa shape index (κ1) is 21.7. The molecule has 0 bridgehead atoms. The highest BCUT2D eigenvalue weighted by Gasteiger charge is 2.35. The monoisotopic (exact) mass is 439 g/mol. The molecule has 6 nitrogen and oxygen atoms in total. The fraction of sp³-hybridized carbons (Fsp3) is 0.417. The fourth-order valence-corrected chi connectivity index (χ4v) is 5.40. The fourth-order valence-electron chi connectivity index (χ4n) is 4.03. The van der Waals surface area contributed by atoms with Crippen LogP contribution in [0.5, 0.6) is 5.75 Å². The standard InChI is InChI=1S/C24H29N3O3S/c1-18(28)27-20-9-4-6-11-22(20)31-24(27)19-8-3-5-10-21(19)30-17-7-12-23(29)26-15-13-25(2)14-16-26/h3-6,8-11,24H,7,12-17H2,1-2H3. The number of ether oxygens (including phenoxy) is 1. The highest BCUT2D eigenvalue weighted by Crippen LogP contribution is 2.52. The summed E-state index contributed by atoms with van der Waals surface area (Å²) in [6.07, 6.45) is 1.17. The Morgan fingerprint density at radius 1 is 1.03 bits per heavy atom. The molecule has 2 aliphatic heterocycles. The zero-order valence-corrected chi connectivity index (χ0v) is 18.9. The quantitative estimate of drug-likeness (QED) is 0.642. The number of piperazine rings is 1. The molecule has 7 heteroatoms. The van der Waals surface area contributed by atoms with E-state index in [1.54, 1.807) is 18.7 Å². The number of rotatable bonds is 6. The molecule has 2 aromatic rings. The highest BCUT2D eigenvalue weighted by molar-refractivity contribution is 8.00. The Bertz CT molecular complexity index is 943. The number of likely N-dealkylation sites (N-methyl/N-ethyl adjacent to an activating group) is 1. The van der Waals surface area contributed by atoms with E-state index in [1.807, 2.05) is 58.3 Å². The van der Waals surface area contributed by atoms with E-state index in [2.05, 4.69) is 11.9 Å². The average molecular weight is 440 g/mol. The Balaban J connectivity index is 1.38. The van der Waals surface area contributed by atoms with Crippen LogP contribution in [0.3, 0.4) is 0 Å². The molecule has 164 valence electrons. The third-order valence-electron chi connectivity index (χ3n) is 5.77. The van der Waals surface area contributed by atoms with E-state index >= 15 is 0 Å². The molecule has 4 rings (SSSR count). The molecule has 1 atom stereocenters. The second-order valence-corrected chi connectivity index (χ2v) is 9.12. The van der Waals surface area contributed by atoms with Crippen molar-refractivity contribution in [2.45, 2.75) is 30.0 Å². The number of hydrogen-bond acceptors (Lipinski definition) is 5. The van der Waals surface area contributed by atoms with Crippen LogP contribution in [-0.4, -0.2) is 61.4 Å². The number of amides is 2. The van der Waals surface area contributed by atoms with Crippen molar-refractivity contribution in [3.05, 3.63) is 54.1 Å². The van der Waals surface area contributed by atoms with Gasteiger partial charge in [0.2, 0.25) is 11.8 Å². The van der Waals surface area contributed by atoms with Gasteiger partial charge in [-0.1, -0.05) is 42.1 Å². The molecule has 0 saturated carbocycles. The summed E-state index contributed by atoms with van der Waals surface area (Å²) in [6, 6.07) is 15.9. The van der Waals surface area contributed by atoms with Crippen LogP contribution >= 0.6 is 11.8 Å². The number of hydrogen-bond donors (Lipinski definition) is 0. The number of anilines is 1. The first-order chi connectivity index (χ1) is 15.0. The molecular formula is C24H29N3O3S. The van der Waals surface area contributed by atoms with Gasteiger partial charge in [-0.2, -0.15) is 0 Å². The maximum absolute atomic E-state index is 12.4. The third kappa shape index (κ3) is 4.88. The Labute approximate surface area is 188 Å². The van der Waals surface area contributed by atoms with Gasteiger partial charge < -0.3 is 14.5 Å². The smallest absolute Gasteiger partial charge is 0.225 e. The molecule has 0 aromatic heterocycles. The molecule has 1 unspecified atom stereocenters. The van der Waals surface area contributed by atoms with Crippen molar-refractivity contribution in [1.29, 1.82) is 0 Å². The van der Waals surface area contributed by atoms with Crippen molar-refractivity contribution in [1.82, 2.24) is 9.80 Å². The number of benzene rings is 2.